The number of pyridine rings is 1. The normalized spacial score (nSPS) is 14.7. The summed E-state index contributed by atoms with van der Waals surface area (Å²) >= 11 is 0. The largest absolute Gasteiger partial charge is 0.256 e. The van der Waals surface area contributed by atoms with E-state index in [9.17, 15) is 0 Å². The lowest BCUT2D eigenvalue weighted by molar-refractivity contribution is 0.754. The van der Waals surface area contributed by atoms with Crippen LogP contribution in [0.2, 0.25) is 0 Å². The quantitative estimate of drug-likeness (QED) is 0.166. The van der Waals surface area contributed by atoms with Crippen molar-refractivity contribution in [3.63, 3.8) is 0 Å². The molecule has 7 aromatic carbocycles. The lowest BCUT2D eigenvalue weighted by Gasteiger charge is -2.42. The van der Waals surface area contributed by atoms with Gasteiger partial charge in [-0.2, -0.15) is 0 Å². The zero-order chi connectivity index (χ0) is 39.6. The molecular formula is C53H33N7. The summed E-state index contributed by atoms with van der Waals surface area (Å²) in [6.45, 7) is 0. The number of rotatable bonds is 6. The van der Waals surface area contributed by atoms with Crippen LogP contribution in [0.3, 0.4) is 0 Å². The molecule has 0 saturated carbocycles. The van der Waals surface area contributed by atoms with Crippen LogP contribution in [0.5, 0.6) is 0 Å². The molecule has 0 saturated heterocycles. The molecule has 280 valence electrons. The Hall–Kier alpha value is -8.03. The van der Waals surface area contributed by atoms with Crippen molar-refractivity contribution in [3.8, 4) is 68.3 Å². The number of hydrogen-bond acceptors (Lipinski definition) is 7. The number of benzene rings is 7. The summed E-state index contributed by atoms with van der Waals surface area (Å²) in [4.78, 5) is 34.9. The van der Waals surface area contributed by atoms with E-state index in [1.807, 2.05) is 115 Å². The Balaban J connectivity index is 0.989. The van der Waals surface area contributed by atoms with Crippen LogP contribution in [0.15, 0.2) is 188 Å². The Morgan fingerprint density at radius 2 is 0.633 bits per heavy atom. The molecule has 3 aliphatic carbocycles. The molecule has 0 amide bonds. The second-order valence-corrected chi connectivity index (χ2v) is 15.3. The first kappa shape index (κ1) is 34.0. The molecule has 2 unspecified atom stereocenters. The van der Waals surface area contributed by atoms with Crippen LogP contribution in [-0.2, 0) is 0 Å². The van der Waals surface area contributed by atoms with E-state index in [2.05, 4.69) is 77.8 Å². The maximum Gasteiger partial charge on any atom is 0.164 e. The monoisotopic (exact) mass is 767 g/mol. The number of aromatic nitrogens is 7. The fraction of sp³-hybridized carbons (Fsp3) is 0.0377. The van der Waals surface area contributed by atoms with E-state index < -0.39 is 0 Å². The third kappa shape index (κ3) is 5.70. The molecule has 0 N–H and O–H groups in total. The van der Waals surface area contributed by atoms with Crippen molar-refractivity contribution in [3.05, 3.63) is 222 Å². The first-order valence-electron chi connectivity index (χ1n) is 20.1. The SMILES string of the molecule is c1ccc(-c2nc(-c3ccccc3)nc(-c3ccc4c(c3)C3c5ccccc5C4c4cc(-c5nc(-c6ccccc6)nc(-c6ccc7ncccc7c6)n5)ccc43)n2)cc1. The Kier molecular flexibility index (Phi) is 7.84. The van der Waals surface area contributed by atoms with Crippen molar-refractivity contribution >= 4 is 10.9 Å². The van der Waals surface area contributed by atoms with Crippen LogP contribution < -0.4 is 0 Å². The maximum absolute atomic E-state index is 5.15. The number of hydrogen-bond donors (Lipinski definition) is 0. The first-order valence-corrected chi connectivity index (χ1v) is 20.1. The van der Waals surface area contributed by atoms with Gasteiger partial charge in [-0.1, -0.05) is 146 Å². The highest BCUT2D eigenvalue weighted by molar-refractivity contribution is 5.84. The predicted molar refractivity (Wildman–Crippen MR) is 236 cm³/mol. The highest BCUT2D eigenvalue weighted by Crippen LogP contribution is 2.56. The van der Waals surface area contributed by atoms with Crippen molar-refractivity contribution in [2.75, 3.05) is 0 Å². The fourth-order valence-corrected chi connectivity index (χ4v) is 9.00. The summed E-state index contributed by atoms with van der Waals surface area (Å²) in [7, 11) is 0. The summed E-state index contributed by atoms with van der Waals surface area (Å²) in [6, 6.07) is 63.0. The molecule has 10 aromatic rings. The lowest BCUT2D eigenvalue weighted by atomic mass is 9.61. The number of fused-ring (bicyclic) bond motifs is 1. The van der Waals surface area contributed by atoms with Crippen LogP contribution in [0.4, 0.5) is 0 Å². The predicted octanol–water partition coefficient (Wildman–Crippen LogP) is 11.6. The molecule has 2 atom stereocenters. The van der Waals surface area contributed by atoms with Gasteiger partial charge in [-0.3, -0.25) is 4.98 Å². The van der Waals surface area contributed by atoms with Gasteiger partial charge in [0.1, 0.15) is 0 Å². The Morgan fingerprint density at radius 1 is 0.267 bits per heavy atom. The third-order valence-corrected chi connectivity index (χ3v) is 11.8. The van der Waals surface area contributed by atoms with Gasteiger partial charge < -0.3 is 0 Å². The minimum Gasteiger partial charge on any atom is -0.256 e. The van der Waals surface area contributed by atoms with Gasteiger partial charge in [-0.15, -0.1) is 0 Å². The van der Waals surface area contributed by atoms with Crippen LogP contribution in [0.25, 0.3) is 79.2 Å². The van der Waals surface area contributed by atoms with E-state index >= 15 is 0 Å². The molecule has 0 radical (unpaired) electrons. The summed E-state index contributed by atoms with van der Waals surface area (Å²) in [6.07, 6.45) is 1.81. The van der Waals surface area contributed by atoms with Gasteiger partial charge in [0.2, 0.25) is 0 Å². The van der Waals surface area contributed by atoms with Crippen LogP contribution in [0, 0.1) is 0 Å². The van der Waals surface area contributed by atoms with Crippen molar-refractivity contribution in [2.45, 2.75) is 11.8 Å². The minimum absolute atomic E-state index is 0.0335. The summed E-state index contributed by atoms with van der Waals surface area (Å²) in [5.41, 5.74) is 14.4. The van der Waals surface area contributed by atoms with Crippen molar-refractivity contribution < 1.29 is 0 Å². The van der Waals surface area contributed by atoms with Crippen molar-refractivity contribution in [1.82, 2.24) is 34.9 Å². The van der Waals surface area contributed by atoms with E-state index in [4.69, 9.17) is 29.9 Å². The van der Waals surface area contributed by atoms with Crippen molar-refractivity contribution in [2.24, 2.45) is 0 Å². The van der Waals surface area contributed by atoms with Gasteiger partial charge in [0.25, 0.3) is 0 Å². The number of nitrogens with zero attached hydrogens (tertiary/aromatic N) is 7. The van der Waals surface area contributed by atoms with Gasteiger partial charge in [0.15, 0.2) is 34.9 Å². The highest BCUT2D eigenvalue weighted by Gasteiger charge is 2.41. The van der Waals surface area contributed by atoms with Gasteiger partial charge in [-0.25, -0.2) is 29.9 Å². The van der Waals surface area contributed by atoms with E-state index in [0.29, 0.717) is 34.9 Å². The fourth-order valence-electron chi connectivity index (χ4n) is 9.00. The van der Waals surface area contributed by atoms with Gasteiger partial charge in [0, 0.05) is 56.8 Å². The summed E-state index contributed by atoms with van der Waals surface area (Å²) < 4.78 is 0. The summed E-state index contributed by atoms with van der Waals surface area (Å²) in [5, 5.41) is 1.03. The van der Waals surface area contributed by atoms with Crippen LogP contribution in [0.1, 0.15) is 45.2 Å². The molecule has 0 aliphatic heterocycles. The molecule has 0 fully saturated rings. The molecule has 3 heterocycles. The zero-order valence-corrected chi connectivity index (χ0v) is 32.2. The second-order valence-electron chi connectivity index (χ2n) is 15.3. The molecule has 3 aliphatic rings. The standard InChI is InChI=1S/C53H33N7/c1-4-13-32(14-5-1)48-55-49(33-15-6-2-7-16-33)58-52(57-48)37-22-25-41-43(30-37)46-39-20-10-11-21-40(39)47(41)44-31-38(23-26-42(44)46)53-59-50(34-17-8-3-9-18-34)56-51(60-53)36-24-27-45-35(29-36)19-12-28-54-45/h1-31,46-47H. The van der Waals surface area contributed by atoms with Gasteiger partial charge >= 0.3 is 0 Å². The van der Waals surface area contributed by atoms with Gasteiger partial charge in [-0.05, 0) is 69.8 Å². The lowest BCUT2D eigenvalue weighted by Crippen LogP contribution is -2.27. The average Bonchev–Trinajstić information content (AvgIpc) is 3.34. The minimum atomic E-state index is 0.0335. The second kappa shape index (κ2) is 13.8. The Labute approximate surface area is 346 Å². The van der Waals surface area contributed by atoms with E-state index in [1.54, 1.807) is 0 Å². The van der Waals surface area contributed by atoms with Crippen molar-refractivity contribution in [1.29, 1.82) is 0 Å². The van der Waals surface area contributed by atoms with E-state index in [-0.39, 0.29) is 11.8 Å². The molecular weight excluding hydrogens is 735 g/mol. The molecule has 60 heavy (non-hydrogen) atoms. The molecule has 3 aromatic heterocycles. The molecule has 2 bridgehead atoms. The molecule has 7 heteroatoms. The van der Waals surface area contributed by atoms with Crippen LogP contribution in [-0.4, -0.2) is 34.9 Å². The molecule has 0 spiro atoms. The topological polar surface area (TPSA) is 90.2 Å². The maximum atomic E-state index is 5.15. The first-order chi connectivity index (χ1) is 29.7. The zero-order valence-electron chi connectivity index (χ0n) is 32.2. The third-order valence-electron chi connectivity index (χ3n) is 11.8. The van der Waals surface area contributed by atoms with Gasteiger partial charge in [0.05, 0.1) is 5.52 Å². The van der Waals surface area contributed by atoms with E-state index in [0.717, 1.165) is 44.3 Å². The molecule has 13 rings (SSSR count). The molecule has 7 nitrogen and oxygen atoms in total. The smallest absolute Gasteiger partial charge is 0.164 e. The summed E-state index contributed by atoms with van der Waals surface area (Å²) in [5.74, 6) is 3.91. The van der Waals surface area contributed by atoms with E-state index in [1.165, 1.54) is 33.4 Å². The Morgan fingerprint density at radius 3 is 1.08 bits per heavy atom. The van der Waals surface area contributed by atoms with Crippen LogP contribution >= 0.6 is 0 Å². The average molecular weight is 768 g/mol. The highest BCUT2D eigenvalue weighted by atomic mass is 15.0. The Bertz CT molecular complexity index is 3220.